The monoisotopic (exact) mass is 257 g/mol. The van der Waals surface area contributed by atoms with Crippen LogP contribution in [-0.4, -0.2) is 28.9 Å². The molecule has 1 heterocycles. The highest BCUT2D eigenvalue weighted by atomic mass is 35.5. The first kappa shape index (κ1) is 15.4. The summed E-state index contributed by atoms with van der Waals surface area (Å²) in [6, 6.07) is 1.46. The Bertz CT molecular complexity index is 406. The molecule has 0 atom stereocenters. The summed E-state index contributed by atoms with van der Waals surface area (Å²) in [4.78, 5) is 15.6. The van der Waals surface area contributed by atoms with E-state index in [1.165, 1.54) is 6.07 Å². The molecule has 0 N–H and O–H groups in total. The summed E-state index contributed by atoms with van der Waals surface area (Å²) in [5.74, 6) is 0. The Labute approximate surface area is 106 Å². The Hall–Kier alpha value is -1.62. The van der Waals surface area contributed by atoms with Crippen molar-refractivity contribution in [1.82, 2.24) is 9.88 Å². The lowest BCUT2D eigenvalue weighted by Gasteiger charge is -2.03. The van der Waals surface area contributed by atoms with Crippen molar-refractivity contribution in [1.29, 1.82) is 0 Å². The molecule has 94 valence electrons. The SMILES string of the molecule is CC.CN(C)/C=C/c1cc(Cl)ncc1[N+](=O)[O-]. The molecule has 6 heteroatoms. The van der Waals surface area contributed by atoms with Gasteiger partial charge in [0.15, 0.2) is 0 Å². The van der Waals surface area contributed by atoms with Crippen molar-refractivity contribution < 1.29 is 4.92 Å². The Balaban J connectivity index is 0.00000121. The molecule has 0 radical (unpaired) electrons. The zero-order valence-corrected chi connectivity index (χ0v) is 11.1. The van der Waals surface area contributed by atoms with Gasteiger partial charge in [0, 0.05) is 14.1 Å². The minimum Gasteiger partial charge on any atom is -0.383 e. The predicted molar refractivity (Wildman–Crippen MR) is 70.0 cm³/mol. The van der Waals surface area contributed by atoms with Crippen LogP contribution in [0.15, 0.2) is 18.5 Å². The fourth-order valence-corrected chi connectivity index (χ4v) is 1.12. The number of nitro groups is 1. The van der Waals surface area contributed by atoms with Crippen LogP contribution in [0.25, 0.3) is 6.08 Å². The van der Waals surface area contributed by atoms with Gasteiger partial charge in [0.2, 0.25) is 0 Å². The maximum atomic E-state index is 10.7. The Morgan fingerprint density at radius 1 is 1.47 bits per heavy atom. The van der Waals surface area contributed by atoms with Crippen LogP contribution >= 0.6 is 11.6 Å². The highest BCUT2D eigenvalue weighted by Crippen LogP contribution is 2.21. The molecule has 0 saturated heterocycles. The maximum absolute atomic E-state index is 10.7. The van der Waals surface area contributed by atoms with E-state index in [9.17, 15) is 10.1 Å². The molecule has 5 nitrogen and oxygen atoms in total. The molecule has 0 aromatic carbocycles. The molecular weight excluding hydrogens is 242 g/mol. The van der Waals surface area contributed by atoms with Crippen LogP contribution < -0.4 is 0 Å². The molecule has 0 amide bonds. The Morgan fingerprint density at radius 2 is 2.06 bits per heavy atom. The lowest BCUT2D eigenvalue weighted by Crippen LogP contribution is -2.00. The van der Waals surface area contributed by atoms with E-state index < -0.39 is 4.92 Å². The molecule has 1 aromatic heterocycles. The fraction of sp³-hybridized carbons (Fsp3) is 0.364. The molecule has 1 aromatic rings. The van der Waals surface area contributed by atoms with Crippen molar-refractivity contribution in [2.24, 2.45) is 0 Å². The third kappa shape index (κ3) is 5.31. The highest BCUT2D eigenvalue weighted by Gasteiger charge is 2.12. The summed E-state index contributed by atoms with van der Waals surface area (Å²) in [6.07, 6.45) is 4.47. The van der Waals surface area contributed by atoms with Gasteiger partial charge in [0.05, 0.1) is 10.5 Å². The van der Waals surface area contributed by atoms with E-state index in [0.717, 1.165) is 6.20 Å². The number of nitrogens with zero attached hydrogens (tertiary/aromatic N) is 3. The summed E-state index contributed by atoms with van der Waals surface area (Å²) in [5.41, 5.74) is 0.381. The summed E-state index contributed by atoms with van der Waals surface area (Å²) >= 11 is 5.66. The number of rotatable bonds is 3. The molecule has 0 bridgehead atoms. The Morgan fingerprint density at radius 3 is 2.53 bits per heavy atom. The van der Waals surface area contributed by atoms with Gasteiger partial charge in [-0.25, -0.2) is 4.98 Å². The Kier molecular flexibility index (Phi) is 6.89. The van der Waals surface area contributed by atoms with E-state index in [-0.39, 0.29) is 10.8 Å². The van der Waals surface area contributed by atoms with Gasteiger partial charge in [-0.2, -0.15) is 0 Å². The van der Waals surface area contributed by atoms with Gasteiger partial charge in [0.25, 0.3) is 5.69 Å². The third-order valence-corrected chi connectivity index (χ3v) is 1.84. The number of hydrogen-bond donors (Lipinski definition) is 0. The minimum atomic E-state index is -0.487. The maximum Gasteiger partial charge on any atom is 0.294 e. The largest absolute Gasteiger partial charge is 0.383 e. The third-order valence-electron chi connectivity index (χ3n) is 1.63. The number of halogens is 1. The van der Waals surface area contributed by atoms with Crippen LogP contribution in [0.2, 0.25) is 5.15 Å². The minimum absolute atomic E-state index is 0.0579. The molecule has 0 aliphatic carbocycles. The first-order valence-corrected chi connectivity index (χ1v) is 5.53. The topological polar surface area (TPSA) is 59.3 Å². The van der Waals surface area contributed by atoms with Crippen LogP contribution in [0.3, 0.4) is 0 Å². The molecule has 0 fully saturated rings. The number of pyridine rings is 1. The second kappa shape index (κ2) is 7.62. The van der Waals surface area contributed by atoms with Gasteiger partial charge < -0.3 is 4.90 Å². The van der Waals surface area contributed by atoms with Gasteiger partial charge in [-0.15, -0.1) is 0 Å². The summed E-state index contributed by atoms with van der Waals surface area (Å²) in [5, 5.41) is 10.9. The van der Waals surface area contributed by atoms with E-state index >= 15 is 0 Å². The van der Waals surface area contributed by atoms with Crippen LogP contribution in [-0.2, 0) is 0 Å². The lowest BCUT2D eigenvalue weighted by molar-refractivity contribution is -0.385. The second-order valence-corrected chi connectivity index (χ2v) is 3.49. The second-order valence-electron chi connectivity index (χ2n) is 3.10. The quantitative estimate of drug-likeness (QED) is 0.474. The van der Waals surface area contributed by atoms with Crippen LogP contribution in [0, 0.1) is 10.1 Å². The van der Waals surface area contributed by atoms with Gasteiger partial charge in [0.1, 0.15) is 11.3 Å². The van der Waals surface area contributed by atoms with E-state index in [2.05, 4.69) is 4.98 Å². The van der Waals surface area contributed by atoms with Crippen LogP contribution in [0.1, 0.15) is 19.4 Å². The molecular formula is C11H16ClN3O2. The van der Waals surface area contributed by atoms with E-state index in [1.54, 1.807) is 17.2 Å². The zero-order chi connectivity index (χ0) is 13.4. The summed E-state index contributed by atoms with van der Waals surface area (Å²) in [7, 11) is 3.65. The van der Waals surface area contributed by atoms with Crippen LogP contribution in [0.5, 0.6) is 0 Å². The van der Waals surface area contributed by atoms with Crippen molar-refractivity contribution >= 4 is 23.4 Å². The van der Waals surface area contributed by atoms with E-state index in [0.29, 0.717) is 5.56 Å². The van der Waals surface area contributed by atoms with Crippen molar-refractivity contribution in [3.8, 4) is 0 Å². The van der Waals surface area contributed by atoms with E-state index in [4.69, 9.17) is 11.6 Å². The molecule has 0 saturated carbocycles. The van der Waals surface area contributed by atoms with E-state index in [1.807, 2.05) is 27.9 Å². The molecule has 0 unspecified atom stereocenters. The molecule has 0 aliphatic rings. The summed E-state index contributed by atoms with van der Waals surface area (Å²) in [6.45, 7) is 4.00. The van der Waals surface area contributed by atoms with Crippen LogP contribution in [0.4, 0.5) is 5.69 Å². The van der Waals surface area contributed by atoms with Gasteiger partial charge in [-0.05, 0) is 18.3 Å². The molecule has 1 rings (SSSR count). The zero-order valence-electron chi connectivity index (χ0n) is 10.3. The normalized spacial score (nSPS) is 9.71. The highest BCUT2D eigenvalue weighted by molar-refractivity contribution is 6.29. The standard InChI is InChI=1S/C9H10ClN3O2.C2H6/c1-12(2)4-3-7-5-9(10)11-6-8(7)13(14)15;1-2/h3-6H,1-2H3;1-2H3/b4-3+;. The molecule has 0 spiro atoms. The van der Waals surface area contributed by atoms with Crippen molar-refractivity contribution in [2.45, 2.75) is 13.8 Å². The van der Waals surface area contributed by atoms with Gasteiger partial charge >= 0.3 is 0 Å². The molecule has 0 aliphatic heterocycles. The smallest absolute Gasteiger partial charge is 0.294 e. The van der Waals surface area contributed by atoms with Crippen molar-refractivity contribution in [2.75, 3.05) is 14.1 Å². The van der Waals surface area contributed by atoms with Gasteiger partial charge in [-0.3, -0.25) is 10.1 Å². The predicted octanol–water partition coefficient (Wildman–Crippen LogP) is 3.20. The molecule has 17 heavy (non-hydrogen) atoms. The first-order chi connectivity index (χ1) is 8.00. The van der Waals surface area contributed by atoms with Crippen molar-refractivity contribution in [3.63, 3.8) is 0 Å². The fourth-order valence-electron chi connectivity index (χ4n) is 0.952. The number of aromatic nitrogens is 1. The lowest BCUT2D eigenvalue weighted by atomic mass is 10.2. The van der Waals surface area contributed by atoms with Gasteiger partial charge in [-0.1, -0.05) is 25.4 Å². The summed E-state index contributed by atoms with van der Waals surface area (Å²) < 4.78 is 0. The first-order valence-electron chi connectivity index (χ1n) is 5.15. The average molecular weight is 258 g/mol. The number of hydrogen-bond acceptors (Lipinski definition) is 4. The van der Waals surface area contributed by atoms with Crippen molar-refractivity contribution in [3.05, 3.63) is 39.3 Å². The average Bonchev–Trinajstić information content (AvgIpc) is 2.28.